The Morgan fingerprint density at radius 3 is 2.50 bits per heavy atom. The fraction of sp³-hybridized carbons (Fsp3) is 0.950. The van der Waals surface area contributed by atoms with Gasteiger partial charge in [0, 0.05) is 0 Å². The van der Waals surface area contributed by atoms with E-state index in [0.717, 1.165) is 25.8 Å². The molecular formula is C20H38N2O5S. The molecule has 7 nitrogen and oxygen atoms in total. The van der Waals surface area contributed by atoms with Gasteiger partial charge in [-0.1, -0.05) is 33.6 Å². The third-order valence-electron chi connectivity index (χ3n) is 6.04. The maximum atomic E-state index is 12.9. The number of aliphatic hydroxyl groups excluding tert-OH is 3. The molecule has 2 saturated heterocycles. The highest BCUT2D eigenvalue weighted by Gasteiger charge is 2.47. The summed E-state index contributed by atoms with van der Waals surface area (Å²) in [6.07, 6.45) is 2.55. The molecule has 2 aliphatic heterocycles. The summed E-state index contributed by atoms with van der Waals surface area (Å²) >= 11 is 1.28. The van der Waals surface area contributed by atoms with Crippen LogP contribution < -0.4 is 10.6 Å². The lowest BCUT2D eigenvalue weighted by molar-refractivity contribution is -0.208. The highest BCUT2D eigenvalue weighted by molar-refractivity contribution is 7.99. The van der Waals surface area contributed by atoms with E-state index in [1.54, 1.807) is 6.26 Å². The van der Waals surface area contributed by atoms with Crippen molar-refractivity contribution in [2.45, 2.75) is 94.8 Å². The molecule has 1 amide bonds. The predicted molar refractivity (Wildman–Crippen MR) is 111 cm³/mol. The monoisotopic (exact) mass is 418 g/mol. The molecule has 5 N–H and O–H groups in total. The van der Waals surface area contributed by atoms with Gasteiger partial charge in [-0.2, -0.15) is 0 Å². The predicted octanol–water partition coefficient (Wildman–Crippen LogP) is 0.856. The van der Waals surface area contributed by atoms with Crippen molar-refractivity contribution in [3.63, 3.8) is 0 Å². The zero-order valence-corrected chi connectivity index (χ0v) is 18.3. The first kappa shape index (κ1) is 23.9. The van der Waals surface area contributed by atoms with Crippen LogP contribution in [0.4, 0.5) is 0 Å². The summed E-state index contributed by atoms with van der Waals surface area (Å²) in [5.74, 6) is 0.568. The van der Waals surface area contributed by atoms with Crippen LogP contribution in [0.15, 0.2) is 0 Å². The van der Waals surface area contributed by atoms with E-state index >= 15 is 0 Å². The van der Waals surface area contributed by atoms with Gasteiger partial charge in [0.2, 0.25) is 5.91 Å². The Kier molecular flexibility index (Phi) is 9.50. The van der Waals surface area contributed by atoms with Crippen molar-refractivity contribution in [1.82, 2.24) is 10.6 Å². The van der Waals surface area contributed by atoms with Crippen molar-refractivity contribution in [2.24, 2.45) is 11.8 Å². The Labute approximate surface area is 173 Å². The van der Waals surface area contributed by atoms with Crippen molar-refractivity contribution < 1.29 is 24.9 Å². The molecule has 8 heteroatoms. The molecule has 0 aromatic carbocycles. The van der Waals surface area contributed by atoms with Gasteiger partial charge in [0.15, 0.2) is 0 Å². The quantitative estimate of drug-likeness (QED) is 0.417. The summed E-state index contributed by atoms with van der Waals surface area (Å²) in [6.45, 7) is 6.92. The molecule has 0 saturated carbocycles. The standard InChI is InChI=1S/C20H38N2O5S/c1-5-6-12-7-8-13(21-10-9-12)19(26)22-14(11(2)3)18-16(24)15(23)17(25)20(27-18)28-4/h11-18,20-21,23-25H,5-10H2,1-4H3,(H,22,26)/t12-,13-,14+,15-,16+,17+,18?,20+/m0/s1. The van der Waals surface area contributed by atoms with Crippen molar-refractivity contribution in [3.8, 4) is 0 Å². The normalized spacial score (nSPS) is 38.1. The van der Waals surface area contributed by atoms with Crippen LogP contribution in [0.3, 0.4) is 0 Å². The van der Waals surface area contributed by atoms with E-state index in [2.05, 4.69) is 17.6 Å². The Morgan fingerprint density at radius 1 is 1.18 bits per heavy atom. The molecule has 0 bridgehead atoms. The maximum absolute atomic E-state index is 12.9. The van der Waals surface area contributed by atoms with Crippen molar-refractivity contribution in [2.75, 3.05) is 12.8 Å². The summed E-state index contributed by atoms with van der Waals surface area (Å²) in [5, 5.41) is 37.2. The number of aliphatic hydroxyl groups is 3. The van der Waals surface area contributed by atoms with E-state index in [-0.39, 0.29) is 17.9 Å². The van der Waals surface area contributed by atoms with Crippen LogP contribution in [0, 0.1) is 11.8 Å². The summed E-state index contributed by atoms with van der Waals surface area (Å²) in [6, 6.07) is -0.716. The molecule has 0 radical (unpaired) electrons. The van der Waals surface area contributed by atoms with E-state index in [1.807, 2.05) is 13.8 Å². The molecule has 2 aliphatic rings. The van der Waals surface area contributed by atoms with Crippen molar-refractivity contribution >= 4 is 17.7 Å². The highest BCUT2D eigenvalue weighted by Crippen LogP contribution is 2.30. The van der Waals surface area contributed by atoms with E-state index < -0.39 is 35.9 Å². The number of nitrogens with one attached hydrogen (secondary N) is 2. The minimum atomic E-state index is -1.31. The third-order valence-corrected chi connectivity index (χ3v) is 6.89. The molecule has 0 aromatic heterocycles. The summed E-state index contributed by atoms with van der Waals surface area (Å²) in [4.78, 5) is 12.9. The fourth-order valence-electron chi connectivity index (χ4n) is 4.29. The maximum Gasteiger partial charge on any atom is 0.237 e. The number of hydrogen-bond acceptors (Lipinski definition) is 7. The number of carbonyl (C=O) groups excluding carboxylic acids is 1. The topological polar surface area (TPSA) is 111 Å². The smallest absolute Gasteiger partial charge is 0.237 e. The van der Waals surface area contributed by atoms with Crippen LogP contribution in [0.1, 0.15) is 52.9 Å². The van der Waals surface area contributed by atoms with Crippen LogP contribution in [-0.2, 0) is 9.53 Å². The molecule has 28 heavy (non-hydrogen) atoms. The van der Waals surface area contributed by atoms with Crippen molar-refractivity contribution in [3.05, 3.63) is 0 Å². The first-order valence-corrected chi connectivity index (χ1v) is 11.8. The second-order valence-corrected chi connectivity index (χ2v) is 9.42. The highest BCUT2D eigenvalue weighted by atomic mass is 32.2. The molecule has 0 aromatic rings. The van der Waals surface area contributed by atoms with Crippen LogP contribution in [-0.4, -0.2) is 76.0 Å². The molecule has 1 unspecified atom stereocenters. The average molecular weight is 419 g/mol. The van der Waals surface area contributed by atoms with Crippen LogP contribution in [0.5, 0.6) is 0 Å². The molecule has 2 fully saturated rings. The Morgan fingerprint density at radius 2 is 1.89 bits per heavy atom. The van der Waals surface area contributed by atoms with Crippen molar-refractivity contribution in [1.29, 1.82) is 0 Å². The lowest BCUT2D eigenvalue weighted by Crippen LogP contribution is -2.64. The van der Waals surface area contributed by atoms with Gasteiger partial charge in [-0.15, -0.1) is 11.8 Å². The lowest BCUT2D eigenvalue weighted by atomic mass is 9.88. The summed E-state index contributed by atoms with van der Waals surface area (Å²) in [5.41, 5.74) is -0.646. The van der Waals surface area contributed by atoms with Gasteiger partial charge in [0.25, 0.3) is 0 Å². The van der Waals surface area contributed by atoms with Crippen LogP contribution in [0.2, 0.25) is 0 Å². The first-order chi connectivity index (χ1) is 13.3. The number of amides is 1. The van der Waals surface area contributed by atoms with Gasteiger partial charge in [-0.3, -0.25) is 4.79 Å². The summed E-state index contributed by atoms with van der Waals surface area (Å²) in [7, 11) is 0. The summed E-state index contributed by atoms with van der Waals surface area (Å²) < 4.78 is 5.88. The number of carbonyl (C=O) groups is 1. The number of thioether (sulfide) groups is 1. The minimum Gasteiger partial charge on any atom is -0.388 e. The molecule has 0 spiro atoms. The SMILES string of the molecule is CCC[C@@H]1CCN[C@H](C(=O)N[C@H](C(C)C)C2O[C@H](SC)[C@H](O)[C@@H](O)[C@H]2O)CC1. The van der Waals surface area contributed by atoms with Gasteiger partial charge in [-0.05, 0) is 43.9 Å². The molecule has 2 rings (SSSR count). The average Bonchev–Trinajstić information content (AvgIpc) is 2.91. The minimum absolute atomic E-state index is 0.00725. The van der Waals surface area contributed by atoms with Gasteiger partial charge < -0.3 is 30.7 Å². The molecule has 2 heterocycles. The second kappa shape index (κ2) is 11.1. The molecular weight excluding hydrogens is 380 g/mol. The van der Waals surface area contributed by atoms with Gasteiger partial charge >= 0.3 is 0 Å². The molecule has 0 aliphatic carbocycles. The molecule has 164 valence electrons. The molecule has 8 atom stereocenters. The zero-order valence-electron chi connectivity index (χ0n) is 17.5. The van der Waals surface area contributed by atoms with E-state index in [1.165, 1.54) is 24.6 Å². The van der Waals surface area contributed by atoms with E-state index in [0.29, 0.717) is 5.92 Å². The first-order valence-electron chi connectivity index (χ1n) is 10.6. The number of ether oxygens (including phenoxy) is 1. The van der Waals surface area contributed by atoms with E-state index in [4.69, 9.17) is 4.74 Å². The lowest BCUT2D eigenvalue weighted by Gasteiger charge is -2.44. The van der Waals surface area contributed by atoms with Gasteiger partial charge in [0.05, 0.1) is 12.1 Å². The second-order valence-electron chi connectivity index (χ2n) is 8.48. The number of hydrogen-bond donors (Lipinski definition) is 5. The van der Waals surface area contributed by atoms with E-state index in [9.17, 15) is 20.1 Å². The Hall–Kier alpha value is -0.380. The Bertz CT molecular complexity index is 493. The number of rotatable bonds is 7. The van der Waals surface area contributed by atoms with Crippen LogP contribution in [0.25, 0.3) is 0 Å². The van der Waals surface area contributed by atoms with Crippen LogP contribution >= 0.6 is 11.8 Å². The van der Waals surface area contributed by atoms with Gasteiger partial charge in [-0.25, -0.2) is 0 Å². The third kappa shape index (κ3) is 5.83. The largest absolute Gasteiger partial charge is 0.388 e. The van der Waals surface area contributed by atoms with Gasteiger partial charge in [0.1, 0.15) is 29.9 Å². The fourth-order valence-corrected chi connectivity index (χ4v) is 4.97. The Balaban J connectivity index is 2.04. The zero-order chi connectivity index (χ0) is 20.8.